The lowest BCUT2D eigenvalue weighted by molar-refractivity contribution is -0.124. The molecule has 0 aromatic heterocycles. The minimum absolute atomic E-state index is 0.0490. The Balaban J connectivity index is 4.07. The Bertz CT molecular complexity index is 299. The maximum absolute atomic E-state index is 12.1. The number of hydrogen-bond donors (Lipinski definition) is 2. The molecule has 0 aliphatic heterocycles. The Morgan fingerprint density at radius 1 is 1.15 bits per heavy atom. The SMILES string of the molecule is C/C=C(/CNC(=O)C(C)CCC(N)CCC)C(C)CC. The summed E-state index contributed by atoms with van der Waals surface area (Å²) in [5.41, 5.74) is 7.31. The summed E-state index contributed by atoms with van der Waals surface area (Å²) in [5, 5.41) is 3.06. The monoisotopic (exact) mass is 282 g/mol. The minimum atomic E-state index is 0.0490. The summed E-state index contributed by atoms with van der Waals surface area (Å²) in [6.45, 7) is 11.2. The number of carbonyl (C=O) groups is 1. The molecule has 0 aliphatic carbocycles. The Kier molecular flexibility index (Phi) is 10.4. The first-order chi connectivity index (χ1) is 9.46. The molecular formula is C17H34N2O. The van der Waals surface area contributed by atoms with E-state index in [1.54, 1.807) is 0 Å². The van der Waals surface area contributed by atoms with E-state index in [0.717, 1.165) is 32.1 Å². The molecule has 118 valence electrons. The van der Waals surface area contributed by atoms with Gasteiger partial charge in [-0.1, -0.05) is 45.8 Å². The van der Waals surface area contributed by atoms with Crippen LogP contribution in [0.1, 0.15) is 66.7 Å². The van der Waals surface area contributed by atoms with Gasteiger partial charge in [-0.05, 0) is 38.5 Å². The molecule has 0 aromatic carbocycles. The van der Waals surface area contributed by atoms with Gasteiger partial charge in [-0.25, -0.2) is 0 Å². The van der Waals surface area contributed by atoms with Crippen molar-refractivity contribution < 1.29 is 4.79 Å². The first-order valence-electron chi connectivity index (χ1n) is 8.14. The molecule has 0 heterocycles. The van der Waals surface area contributed by atoms with Crippen LogP contribution in [0.25, 0.3) is 0 Å². The van der Waals surface area contributed by atoms with Gasteiger partial charge < -0.3 is 11.1 Å². The zero-order chi connectivity index (χ0) is 15.5. The summed E-state index contributed by atoms with van der Waals surface area (Å²) in [7, 11) is 0. The lowest BCUT2D eigenvalue weighted by Crippen LogP contribution is -2.32. The number of carbonyl (C=O) groups excluding carboxylic acids is 1. The third kappa shape index (κ3) is 7.68. The number of hydrogen-bond acceptors (Lipinski definition) is 2. The van der Waals surface area contributed by atoms with Crippen molar-refractivity contribution in [3.63, 3.8) is 0 Å². The van der Waals surface area contributed by atoms with E-state index >= 15 is 0 Å². The maximum Gasteiger partial charge on any atom is 0.223 e. The van der Waals surface area contributed by atoms with Crippen molar-refractivity contribution in [1.29, 1.82) is 0 Å². The van der Waals surface area contributed by atoms with Gasteiger partial charge in [-0.15, -0.1) is 0 Å². The van der Waals surface area contributed by atoms with Crippen LogP contribution in [0.3, 0.4) is 0 Å². The lowest BCUT2D eigenvalue weighted by atomic mass is 9.97. The number of amides is 1. The highest BCUT2D eigenvalue weighted by atomic mass is 16.1. The number of allylic oxidation sites excluding steroid dienone is 1. The average Bonchev–Trinajstić information content (AvgIpc) is 2.44. The molecule has 3 nitrogen and oxygen atoms in total. The molecule has 1 amide bonds. The first-order valence-corrected chi connectivity index (χ1v) is 8.14. The van der Waals surface area contributed by atoms with Gasteiger partial charge in [0.15, 0.2) is 0 Å². The van der Waals surface area contributed by atoms with E-state index in [2.05, 4.69) is 32.2 Å². The fourth-order valence-corrected chi connectivity index (χ4v) is 2.30. The van der Waals surface area contributed by atoms with E-state index in [-0.39, 0.29) is 17.9 Å². The summed E-state index contributed by atoms with van der Waals surface area (Å²) >= 11 is 0. The van der Waals surface area contributed by atoms with Gasteiger partial charge in [-0.3, -0.25) is 4.79 Å². The van der Waals surface area contributed by atoms with Crippen LogP contribution in [-0.2, 0) is 4.79 Å². The van der Waals surface area contributed by atoms with E-state index in [0.29, 0.717) is 12.5 Å². The van der Waals surface area contributed by atoms with E-state index in [1.165, 1.54) is 5.57 Å². The second-order valence-electron chi connectivity index (χ2n) is 5.92. The van der Waals surface area contributed by atoms with Gasteiger partial charge in [-0.2, -0.15) is 0 Å². The quantitative estimate of drug-likeness (QED) is 0.601. The Morgan fingerprint density at radius 3 is 2.30 bits per heavy atom. The molecule has 0 aliphatic rings. The average molecular weight is 282 g/mol. The van der Waals surface area contributed by atoms with Crippen molar-refractivity contribution in [2.45, 2.75) is 72.8 Å². The van der Waals surface area contributed by atoms with E-state index < -0.39 is 0 Å². The molecule has 3 heteroatoms. The minimum Gasteiger partial charge on any atom is -0.352 e. The lowest BCUT2D eigenvalue weighted by Gasteiger charge is -2.18. The van der Waals surface area contributed by atoms with Crippen LogP contribution in [0.5, 0.6) is 0 Å². The third-order valence-corrected chi connectivity index (χ3v) is 4.16. The fourth-order valence-electron chi connectivity index (χ4n) is 2.30. The molecule has 3 N–H and O–H groups in total. The molecule has 0 bridgehead atoms. The highest BCUT2D eigenvalue weighted by Gasteiger charge is 2.15. The van der Waals surface area contributed by atoms with Crippen molar-refractivity contribution in [1.82, 2.24) is 5.32 Å². The molecule has 0 saturated heterocycles. The zero-order valence-electron chi connectivity index (χ0n) is 14.0. The van der Waals surface area contributed by atoms with Gasteiger partial charge in [0.1, 0.15) is 0 Å². The zero-order valence-corrected chi connectivity index (χ0v) is 14.0. The second kappa shape index (κ2) is 10.9. The largest absolute Gasteiger partial charge is 0.352 e. The molecule has 0 aromatic rings. The van der Waals surface area contributed by atoms with E-state index in [1.807, 2.05) is 13.8 Å². The standard InChI is InChI=1S/C17H34N2O/c1-6-9-16(18)11-10-14(5)17(20)19-12-15(8-3)13(4)7-2/h8,13-14,16H,6-7,9-12,18H2,1-5H3,(H,19,20)/b15-8-. The predicted octanol–water partition coefficient (Wildman–Crippen LogP) is 3.64. The van der Waals surface area contributed by atoms with Crippen LogP contribution in [0.15, 0.2) is 11.6 Å². The van der Waals surface area contributed by atoms with Gasteiger partial charge in [0.2, 0.25) is 5.91 Å². The predicted molar refractivity (Wildman–Crippen MR) is 87.5 cm³/mol. The highest BCUT2D eigenvalue weighted by molar-refractivity contribution is 5.78. The summed E-state index contributed by atoms with van der Waals surface area (Å²) in [5.74, 6) is 0.734. The van der Waals surface area contributed by atoms with Crippen LogP contribution in [0.4, 0.5) is 0 Å². The molecule has 3 atom stereocenters. The number of rotatable bonds is 10. The van der Waals surface area contributed by atoms with E-state index in [4.69, 9.17) is 5.73 Å². The molecule has 0 radical (unpaired) electrons. The summed E-state index contributed by atoms with van der Waals surface area (Å²) in [6, 6.07) is 0.237. The molecule has 0 fully saturated rings. The van der Waals surface area contributed by atoms with Crippen LogP contribution >= 0.6 is 0 Å². The normalized spacial score (nSPS) is 16.6. The molecule has 0 rings (SSSR count). The van der Waals surface area contributed by atoms with Gasteiger partial charge in [0.25, 0.3) is 0 Å². The number of nitrogens with one attached hydrogen (secondary N) is 1. The summed E-state index contributed by atoms with van der Waals surface area (Å²) < 4.78 is 0. The van der Waals surface area contributed by atoms with Crippen molar-refractivity contribution >= 4 is 5.91 Å². The Labute approximate surface area is 125 Å². The molecule has 0 spiro atoms. The summed E-state index contributed by atoms with van der Waals surface area (Å²) in [4.78, 5) is 12.1. The molecule has 3 unspecified atom stereocenters. The van der Waals surface area contributed by atoms with Crippen LogP contribution < -0.4 is 11.1 Å². The summed E-state index contributed by atoms with van der Waals surface area (Å²) in [6.07, 6.45) is 7.20. The topological polar surface area (TPSA) is 55.1 Å². The molecule has 20 heavy (non-hydrogen) atoms. The van der Waals surface area contributed by atoms with Crippen molar-refractivity contribution in [2.75, 3.05) is 6.54 Å². The third-order valence-electron chi connectivity index (χ3n) is 4.16. The van der Waals surface area contributed by atoms with Crippen LogP contribution in [0, 0.1) is 11.8 Å². The highest BCUT2D eigenvalue weighted by Crippen LogP contribution is 2.14. The van der Waals surface area contributed by atoms with Gasteiger partial charge >= 0.3 is 0 Å². The van der Waals surface area contributed by atoms with Crippen LogP contribution in [-0.4, -0.2) is 18.5 Å². The van der Waals surface area contributed by atoms with Crippen LogP contribution in [0.2, 0.25) is 0 Å². The smallest absolute Gasteiger partial charge is 0.223 e. The molecule has 0 saturated carbocycles. The molecular weight excluding hydrogens is 248 g/mol. The Morgan fingerprint density at radius 2 is 1.80 bits per heavy atom. The fraction of sp³-hybridized carbons (Fsp3) is 0.824. The van der Waals surface area contributed by atoms with Crippen molar-refractivity contribution in [3.8, 4) is 0 Å². The second-order valence-corrected chi connectivity index (χ2v) is 5.92. The van der Waals surface area contributed by atoms with Gasteiger partial charge in [0, 0.05) is 18.5 Å². The van der Waals surface area contributed by atoms with Crippen molar-refractivity contribution in [3.05, 3.63) is 11.6 Å². The van der Waals surface area contributed by atoms with Gasteiger partial charge in [0.05, 0.1) is 0 Å². The first kappa shape index (κ1) is 19.2. The number of nitrogens with two attached hydrogens (primary N) is 1. The Hall–Kier alpha value is -0.830. The van der Waals surface area contributed by atoms with E-state index in [9.17, 15) is 4.79 Å². The maximum atomic E-state index is 12.1. The van der Waals surface area contributed by atoms with Crippen molar-refractivity contribution in [2.24, 2.45) is 17.6 Å².